The van der Waals surface area contributed by atoms with Gasteiger partial charge in [0.25, 0.3) is 0 Å². The quantitative estimate of drug-likeness (QED) is 0.742. The molecular weight excluding hydrogens is 339 g/mol. The van der Waals surface area contributed by atoms with Crippen molar-refractivity contribution in [3.63, 3.8) is 0 Å². The molecule has 0 bridgehead atoms. The van der Waals surface area contributed by atoms with Crippen LogP contribution in [0.5, 0.6) is 0 Å². The number of sulfonamides is 1. The third-order valence-electron chi connectivity index (χ3n) is 4.20. The lowest BCUT2D eigenvalue weighted by Crippen LogP contribution is -2.38. The molecule has 2 aromatic carbocycles. The SMILES string of the molecule is CCN(CC)C(CNS(=O)(=O)Cc1ccc(F)cc1)c1ccccc1. The van der Waals surface area contributed by atoms with Gasteiger partial charge in [-0.15, -0.1) is 0 Å². The molecule has 0 saturated carbocycles. The summed E-state index contributed by atoms with van der Waals surface area (Å²) < 4.78 is 40.5. The smallest absolute Gasteiger partial charge is 0.215 e. The first-order valence-electron chi connectivity index (χ1n) is 8.46. The highest BCUT2D eigenvalue weighted by Crippen LogP contribution is 2.20. The molecule has 0 amide bonds. The average Bonchev–Trinajstić information content (AvgIpc) is 2.61. The molecule has 0 aliphatic carbocycles. The summed E-state index contributed by atoms with van der Waals surface area (Å²) in [6, 6.07) is 15.4. The zero-order valence-corrected chi connectivity index (χ0v) is 15.5. The molecule has 0 aliphatic rings. The second-order valence-electron chi connectivity index (χ2n) is 5.88. The third-order valence-corrected chi connectivity index (χ3v) is 5.52. The molecule has 6 heteroatoms. The summed E-state index contributed by atoms with van der Waals surface area (Å²) in [6.45, 7) is 6.08. The first kappa shape index (κ1) is 19.6. The highest BCUT2D eigenvalue weighted by molar-refractivity contribution is 7.88. The number of nitrogens with zero attached hydrogens (tertiary/aromatic N) is 1. The predicted molar refractivity (Wildman–Crippen MR) is 99.1 cm³/mol. The normalized spacial score (nSPS) is 13.1. The van der Waals surface area contributed by atoms with Gasteiger partial charge in [-0.3, -0.25) is 4.90 Å². The lowest BCUT2D eigenvalue weighted by Gasteiger charge is -2.30. The Morgan fingerprint density at radius 3 is 2.16 bits per heavy atom. The number of benzene rings is 2. The maximum absolute atomic E-state index is 13.0. The van der Waals surface area contributed by atoms with Gasteiger partial charge in [0.1, 0.15) is 5.82 Å². The van der Waals surface area contributed by atoms with E-state index in [9.17, 15) is 12.8 Å². The van der Waals surface area contributed by atoms with Crippen LogP contribution in [0, 0.1) is 5.82 Å². The topological polar surface area (TPSA) is 49.4 Å². The van der Waals surface area contributed by atoms with Crippen molar-refractivity contribution in [2.45, 2.75) is 25.6 Å². The Kier molecular flexibility index (Phi) is 7.11. The highest BCUT2D eigenvalue weighted by Gasteiger charge is 2.21. The van der Waals surface area contributed by atoms with E-state index in [4.69, 9.17) is 0 Å². The summed E-state index contributed by atoms with van der Waals surface area (Å²) in [5, 5.41) is 0. The van der Waals surface area contributed by atoms with Crippen molar-refractivity contribution in [2.24, 2.45) is 0 Å². The van der Waals surface area contributed by atoms with E-state index in [1.54, 1.807) is 0 Å². The average molecular weight is 364 g/mol. The van der Waals surface area contributed by atoms with Crippen molar-refractivity contribution in [3.8, 4) is 0 Å². The van der Waals surface area contributed by atoms with Crippen molar-refractivity contribution < 1.29 is 12.8 Å². The molecule has 0 fully saturated rings. The highest BCUT2D eigenvalue weighted by atomic mass is 32.2. The zero-order chi connectivity index (χ0) is 18.3. The van der Waals surface area contributed by atoms with Gasteiger partial charge >= 0.3 is 0 Å². The van der Waals surface area contributed by atoms with Crippen LogP contribution in [0.2, 0.25) is 0 Å². The van der Waals surface area contributed by atoms with Gasteiger partial charge in [-0.25, -0.2) is 17.5 Å². The zero-order valence-electron chi connectivity index (χ0n) is 14.7. The van der Waals surface area contributed by atoms with Crippen LogP contribution in [-0.2, 0) is 15.8 Å². The van der Waals surface area contributed by atoms with Gasteiger partial charge in [-0.1, -0.05) is 56.3 Å². The van der Waals surface area contributed by atoms with Crippen molar-refractivity contribution in [2.75, 3.05) is 19.6 Å². The first-order chi connectivity index (χ1) is 11.9. The number of hydrogen-bond donors (Lipinski definition) is 1. The summed E-state index contributed by atoms with van der Waals surface area (Å²) in [7, 11) is -3.50. The van der Waals surface area contributed by atoms with Gasteiger partial charge in [0.15, 0.2) is 0 Å². The predicted octanol–water partition coefficient (Wildman–Crippen LogP) is 3.33. The standard InChI is InChI=1S/C19H25FN2O2S/c1-3-22(4-2)19(17-8-6-5-7-9-17)14-21-25(23,24)15-16-10-12-18(20)13-11-16/h5-13,19,21H,3-4,14-15H2,1-2H3. The van der Waals surface area contributed by atoms with Gasteiger partial charge in [0.05, 0.1) is 5.75 Å². The minimum absolute atomic E-state index is 0.0285. The van der Waals surface area contributed by atoms with Gasteiger partial charge < -0.3 is 0 Å². The van der Waals surface area contributed by atoms with Gasteiger partial charge in [-0.2, -0.15) is 0 Å². The van der Waals surface area contributed by atoms with Crippen LogP contribution in [-0.4, -0.2) is 33.0 Å². The molecule has 1 unspecified atom stereocenters. The molecule has 25 heavy (non-hydrogen) atoms. The van der Waals surface area contributed by atoms with Crippen molar-refractivity contribution >= 4 is 10.0 Å². The van der Waals surface area contributed by atoms with E-state index in [1.165, 1.54) is 24.3 Å². The molecule has 1 atom stereocenters. The summed E-state index contributed by atoms with van der Waals surface area (Å²) >= 11 is 0. The fourth-order valence-electron chi connectivity index (χ4n) is 2.85. The van der Waals surface area contributed by atoms with E-state index in [-0.39, 0.29) is 17.6 Å². The second-order valence-corrected chi connectivity index (χ2v) is 7.69. The molecule has 0 aromatic heterocycles. The molecule has 0 saturated heterocycles. The second kappa shape index (κ2) is 9.08. The van der Waals surface area contributed by atoms with Crippen molar-refractivity contribution in [1.29, 1.82) is 0 Å². The Hall–Kier alpha value is -1.76. The van der Waals surface area contributed by atoms with Crippen LogP contribution in [0.25, 0.3) is 0 Å². The van der Waals surface area contributed by atoms with Crippen LogP contribution in [0.4, 0.5) is 4.39 Å². The Labute approximate surface area is 149 Å². The van der Waals surface area contributed by atoms with E-state index >= 15 is 0 Å². The maximum Gasteiger partial charge on any atom is 0.215 e. The molecule has 2 aromatic rings. The Morgan fingerprint density at radius 2 is 1.60 bits per heavy atom. The van der Waals surface area contributed by atoms with Crippen LogP contribution in [0.1, 0.15) is 31.0 Å². The molecule has 0 aliphatic heterocycles. The lowest BCUT2D eigenvalue weighted by molar-refractivity contribution is 0.220. The van der Waals surface area contributed by atoms with Crippen LogP contribution >= 0.6 is 0 Å². The Bertz CT molecular complexity index is 745. The van der Waals surface area contributed by atoms with Crippen LogP contribution < -0.4 is 4.72 Å². The third kappa shape index (κ3) is 5.92. The van der Waals surface area contributed by atoms with Crippen molar-refractivity contribution in [3.05, 3.63) is 71.5 Å². The van der Waals surface area contributed by atoms with Crippen LogP contribution in [0.15, 0.2) is 54.6 Å². The van der Waals surface area contributed by atoms with Gasteiger partial charge in [0, 0.05) is 12.6 Å². The van der Waals surface area contributed by atoms with Crippen molar-refractivity contribution in [1.82, 2.24) is 9.62 Å². The maximum atomic E-state index is 13.0. The number of hydrogen-bond acceptors (Lipinski definition) is 3. The van der Waals surface area contributed by atoms with Crippen LogP contribution in [0.3, 0.4) is 0 Å². The summed E-state index contributed by atoms with van der Waals surface area (Å²) in [5.74, 6) is -0.535. The molecule has 136 valence electrons. The molecular formula is C19H25FN2O2S. The fourth-order valence-corrected chi connectivity index (χ4v) is 4.00. The van der Waals surface area contributed by atoms with Gasteiger partial charge in [-0.05, 0) is 36.3 Å². The molecule has 1 N–H and O–H groups in total. The van der Waals surface area contributed by atoms with E-state index in [1.807, 2.05) is 30.3 Å². The number of likely N-dealkylation sites (N-methyl/N-ethyl adjacent to an activating group) is 1. The largest absolute Gasteiger partial charge is 0.296 e. The summed E-state index contributed by atoms with van der Waals surface area (Å²) in [6.07, 6.45) is 0. The van der Waals surface area contributed by atoms with Gasteiger partial charge in [0.2, 0.25) is 10.0 Å². The molecule has 0 spiro atoms. The number of halogens is 1. The fraction of sp³-hybridized carbons (Fsp3) is 0.368. The lowest BCUT2D eigenvalue weighted by atomic mass is 10.1. The summed E-state index contributed by atoms with van der Waals surface area (Å²) in [4.78, 5) is 2.22. The minimum atomic E-state index is -3.50. The Balaban J connectivity index is 2.09. The molecule has 4 nitrogen and oxygen atoms in total. The molecule has 2 rings (SSSR count). The minimum Gasteiger partial charge on any atom is -0.296 e. The molecule has 0 heterocycles. The van der Waals surface area contributed by atoms with E-state index in [0.29, 0.717) is 12.1 Å². The number of rotatable bonds is 9. The monoisotopic (exact) mass is 364 g/mol. The molecule has 0 radical (unpaired) electrons. The van der Waals surface area contributed by atoms with E-state index < -0.39 is 10.0 Å². The Morgan fingerprint density at radius 1 is 1.00 bits per heavy atom. The number of nitrogens with one attached hydrogen (secondary N) is 1. The summed E-state index contributed by atoms with van der Waals surface area (Å²) in [5.41, 5.74) is 1.64. The van der Waals surface area contributed by atoms with E-state index in [2.05, 4.69) is 23.5 Å². The first-order valence-corrected chi connectivity index (χ1v) is 10.1. The van der Waals surface area contributed by atoms with E-state index in [0.717, 1.165) is 18.7 Å².